The van der Waals surface area contributed by atoms with Crippen LogP contribution in [0.15, 0.2) is 59.1 Å². The number of carbonyl (C=O) groups is 2. The van der Waals surface area contributed by atoms with Crippen molar-refractivity contribution in [1.82, 2.24) is 10.1 Å². The van der Waals surface area contributed by atoms with Crippen LogP contribution >= 0.6 is 0 Å². The second-order valence-corrected chi connectivity index (χ2v) is 7.05. The minimum absolute atomic E-state index is 0.269. The Balaban J connectivity index is 1.75. The zero-order chi connectivity index (χ0) is 21.7. The number of ether oxygens (including phenoxy) is 2. The van der Waals surface area contributed by atoms with Crippen molar-refractivity contribution in [3.63, 3.8) is 0 Å². The predicted octanol–water partition coefficient (Wildman–Crippen LogP) is 3.86. The molecule has 7 heteroatoms. The minimum atomic E-state index is -1.03. The first-order chi connectivity index (χ1) is 14.4. The summed E-state index contributed by atoms with van der Waals surface area (Å²) >= 11 is 0. The molecule has 0 saturated carbocycles. The molecule has 0 aliphatic carbocycles. The SMILES string of the molecule is Cc1noc(C)c1COc1cccc(C(=O)OC(C(=O)N(C)C)c2ccccc2)c1. The molecular formula is C23H24N2O5. The lowest BCUT2D eigenvalue weighted by molar-refractivity contribution is -0.138. The fraction of sp³-hybridized carbons (Fsp3) is 0.261. The van der Waals surface area contributed by atoms with Crippen molar-refractivity contribution in [3.8, 4) is 5.75 Å². The third-order valence-corrected chi connectivity index (χ3v) is 4.63. The van der Waals surface area contributed by atoms with Crippen LogP contribution in [0.2, 0.25) is 0 Å². The van der Waals surface area contributed by atoms with Crippen LogP contribution in [0.1, 0.15) is 39.0 Å². The van der Waals surface area contributed by atoms with Crippen LogP contribution in [0.4, 0.5) is 0 Å². The molecule has 0 fully saturated rings. The monoisotopic (exact) mass is 408 g/mol. The van der Waals surface area contributed by atoms with Gasteiger partial charge in [0.05, 0.1) is 16.8 Å². The van der Waals surface area contributed by atoms with E-state index in [0.29, 0.717) is 22.6 Å². The van der Waals surface area contributed by atoms with Gasteiger partial charge in [-0.3, -0.25) is 4.79 Å². The molecule has 1 aromatic heterocycles. The lowest BCUT2D eigenvalue weighted by atomic mass is 10.1. The number of rotatable bonds is 7. The van der Waals surface area contributed by atoms with Gasteiger partial charge in [-0.1, -0.05) is 41.6 Å². The molecule has 30 heavy (non-hydrogen) atoms. The van der Waals surface area contributed by atoms with Gasteiger partial charge in [0.15, 0.2) is 0 Å². The van der Waals surface area contributed by atoms with E-state index in [0.717, 1.165) is 11.3 Å². The third kappa shape index (κ3) is 4.86. The van der Waals surface area contributed by atoms with E-state index in [-0.39, 0.29) is 12.5 Å². The average Bonchev–Trinajstić information content (AvgIpc) is 3.08. The standard InChI is InChI=1S/C23H24N2O5/c1-15-20(16(2)30-24-15)14-28-19-12-8-11-18(13-19)23(27)29-21(22(26)25(3)4)17-9-6-5-7-10-17/h5-13,21H,14H2,1-4H3. The smallest absolute Gasteiger partial charge is 0.339 e. The molecule has 0 saturated heterocycles. The highest BCUT2D eigenvalue weighted by molar-refractivity contribution is 5.93. The van der Waals surface area contributed by atoms with Gasteiger partial charge in [-0.05, 0) is 32.0 Å². The molecular weight excluding hydrogens is 384 g/mol. The Kier molecular flexibility index (Phi) is 6.51. The van der Waals surface area contributed by atoms with Gasteiger partial charge in [-0.2, -0.15) is 0 Å². The molecule has 0 aliphatic heterocycles. The van der Waals surface area contributed by atoms with Gasteiger partial charge in [0.2, 0.25) is 6.10 Å². The molecule has 3 aromatic rings. The molecule has 1 atom stereocenters. The van der Waals surface area contributed by atoms with Crippen LogP contribution in [0.25, 0.3) is 0 Å². The summed E-state index contributed by atoms with van der Waals surface area (Å²) < 4.78 is 16.5. The lowest BCUT2D eigenvalue weighted by Gasteiger charge is -2.21. The van der Waals surface area contributed by atoms with E-state index in [1.807, 2.05) is 19.9 Å². The molecule has 156 valence electrons. The first-order valence-corrected chi connectivity index (χ1v) is 9.48. The number of hydrogen-bond acceptors (Lipinski definition) is 6. The van der Waals surface area contributed by atoms with E-state index in [2.05, 4.69) is 5.16 Å². The van der Waals surface area contributed by atoms with E-state index in [9.17, 15) is 9.59 Å². The van der Waals surface area contributed by atoms with Gasteiger partial charge < -0.3 is 18.9 Å². The molecule has 1 heterocycles. The fourth-order valence-electron chi connectivity index (χ4n) is 2.87. The normalized spacial score (nSPS) is 11.6. The second kappa shape index (κ2) is 9.26. The van der Waals surface area contributed by atoms with Gasteiger partial charge in [-0.25, -0.2) is 4.79 Å². The van der Waals surface area contributed by atoms with E-state index >= 15 is 0 Å². The van der Waals surface area contributed by atoms with Crippen molar-refractivity contribution in [2.24, 2.45) is 0 Å². The van der Waals surface area contributed by atoms with Crippen LogP contribution in [-0.2, 0) is 16.1 Å². The molecule has 0 bridgehead atoms. The van der Waals surface area contributed by atoms with Crippen molar-refractivity contribution < 1.29 is 23.6 Å². The Hall–Kier alpha value is -3.61. The van der Waals surface area contributed by atoms with Crippen LogP contribution in [0.3, 0.4) is 0 Å². The quantitative estimate of drug-likeness (QED) is 0.552. The molecule has 1 amide bonds. The zero-order valence-corrected chi connectivity index (χ0v) is 17.4. The summed E-state index contributed by atoms with van der Waals surface area (Å²) in [7, 11) is 3.24. The maximum atomic E-state index is 12.8. The molecule has 7 nitrogen and oxygen atoms in total. The number of hydrogen-bond donors (Lipinski definition) is 0. The summed E-state index contributed by atoms with van der Waals surface area (Å²) in [6.45, 7) is 3.93. The number of benzene rings is 2. The summed E-state index contributed by atoms with van der Waals surface area (Å²) in [6.07, 6.45) is -1.03. The zero-order valence-electron chi connectivity index (χ0n) is 17.4. The van der Waals surface area contributed by atoms with Crippen LogP contribution in [0.5, 0.6) is 5.75 Å². The molecule has 0 radical (unpaired) electrons. The highest BCUT2D eigenvalue weighted by Gasteiger charge is 2.27. The first-order valence-electron chi connectivity index (χ1n) is 9.48. The molecule has 2 aromatic carbocycles. The van der Waals surface area contributed by atoms with Crippen molar-refractivity contribution in [2.75, 3.05) is 14.1 Å². The minimum Gasteiger partial charge on any atom is -0.489 e. The number of likely N-dealkylation sites (N-methyl/N-ethyl adjacent to an activating group) is 1. The maximum Gasteiger partial charge on any atom is 0.339 e. The number of aryl methyl sites for hydroxylation is 2. The Morgan fingerprint density at radius 2 is 1.80 bits per heavy atom. The van der Waals surface area contributed by atoms with Crippen molar-refractivity contribution in [2.45, 2.75) is 26.6 Å². The lowest BCUT2D eigenvalue weighted by Crippen LogP contribution is -2.31. The molecule has 0 N–H and O–H groups in total. The average molecular weight is 408 g/mol. The summed E-state index contributed by atoms with van der Waals surface area (Å²) in [5, 5.41) is 3.90. The summed E-state index contributed by atoms with van der Waals surface area (Å²) in [4.78, 5) is 26.8. The summed E-state index contributed by atoms with van der Waals surface area (Å²) in [6, 6.07) is 15.6. The van der Waals surface area contributed by atoms with Crippen molar-refractivity contribution >= 4 is 11.9 Å². The van der Waals surface area contributed by atoms with Gasteiger partial charge >= 0.3 is 5.97 Å². The Morgan fingerprint density at radius 3 is 2.43 bits per heavy atom. The van der Waals surface area contributed by atoms with E-state index in [1.54, 1.807) is 62.6 Å². The number of esters is 1. The molecule has 3 rings (SSSR count). The second-order valence-electron chi connectivity index (χ2n) is 7.05. The van der Waals surface area contributed by atoms with Gasteiger partial charge in [0.1, 0.15) is 18.1 Å². The highest BCUT2D eigenvalue weighted by Crippen LogP contribution is 2.23. The topological polar surface area (TPSA) is 81.9 Å². The number of carbonyl (C=O) groups excluding carboxylic acids is 2. The predicted molar refractivity (Wildman–Crippen MR) is 110 cm³/mol. The Labute approximate surface area is 175 Å². The number of nitrogens with zero attached hydrogens (tertiary/aromatic N) is 2. The van der Waals surface area contributed by atoms with Crippen molar-refractivity contribution in [3.05, 3.63) is 82.7 Å². The summed E-state index contributed by atoms with van der Waals surface area (Å²) in [5.74, 6) is 0.262. The highest BCUT2D eigenvalue weighted by atomic mass is 16.5. The largest absolute Gasteiger partial charge is 0.489 e. The van der Waals surface area contributed by atoms with Gasteiger partial charge in [0.25, 0.3) is 5.91 Å². The first kappa shape index (κ1) is 21.1. The van der Waals surface area contributed by atoms with Crippen LogP contribution < -0.4 is 4.74 Å². The van der Waals surface area contributed by atoms with Crippen LogP contribution in [-0.4, -0.2) is 36.0 Å². The van der Waals surface area contributed by atoms with E-state index in [1.165, 1.54) is 4.90 Å². The number of amides is 1. The van der Waals surface area contributed by atoms with Gasteiger partial charge in [0, 0.05) is 19.7 Å². The van der Waals surface area contributed by atoms with Crippen molar-refractivity contribution in [1.29, 1.82) is 0 Å². The number of aromatic nitrogens is 1. The Morgan fingerprint density at radius 1 is 1.07 bits per heavy atom. The summed E-state index contributed by atoms with van der Waals surface area (Å²) in [5.41, 5.74) is 2.52. The van der Waals surface area contributed by atoms with Gasteiger partial charge in [-0.15, -0.1) is 0 Å². The molecule has 1 unspecified atom stereocenters. The molecule has 0 spiro atoms. The molecule has 0 aliphatic rings. The van der Waals surface area contributed by atoms with E-state index in [4.69, 9.17) is 14.0 Å². The van der Waals surface area contributed by atoms with Crippen LogP contribution in [0, 0.1) is 13.8 Å². The fourth-order valence-corrected chi connectivity index (χ4v) is 2.87. The maximum absolute atomic E-state index is 12.8. The Bertz CT molecular complexity index is 1010. The van der Waals surface area contributed by atoms with E-state index < -0.39 is 12.1 Å². The third-order valence-electron chi connectivity index (χ3n) is 4.63.